The Balaban J connectivity index is 2.28. The fourth-order valence-corrected chi connectivity index (χ4v) is 4.30. The maximum atomic E-state index is 12.3. The minimum Gasteiger partial charge on any atom is -0.352 e. The van der Waals surface area contributed by atoms with Gasteiger partial charge in [0.15, 0.2) is 0 Å². The molecule has 0 aliphatic rings. The van der Waals surface area contributed by atoms with Gasteiger partial charge in [-0.1, -0.05) is 30.7 Å². The molecule has 2 aromatic rings. The molecule has 118 valence electrons. The standard InChI is InChI=1S/C14H15ClN2O3S2/c1-2-9-16-14(18)10-5-3-4-6-11(10)17-22(19,20)13-8-7-12(15)21-13/h3-8,17H,2,9H2,1H3,(H,16,18). The zero-order chi connectivity index (χ0) is 16.2. The van der Waals surface area contributed by atoms with E-state index in [0.29, 0.717) is 10.9 Å². The Hall–Kier alpha value is -1.57. The minimum atomic E-state index is -3.76. The number of thiophene rings is 1. The molecule has 0 saturated carbocycles. The number of rotatable bonds is 6. The second kappa shape index (κ2) is 7.13. The normalized spacial score (nSPS) is 11.2. The van der Waals surface area contributed by atoms with E-state index in [-0.39, 0.29) is 21.4 Å². The summed E-state index contributed by atoms with van der Waals surface area (Å²) in [5.41, 5.74) is 0.516. The smallest absolute Gasteiger partial charge is 0.271 e. The van der Waals surface area contributed by atoms with Crippen molar-refractivity contribution in [3.8, 4) is 0 Å². The minimum absolute atomic E-state index is 0.0984. The molecule has 0 spiro atoms. The number of sulfonamides is 1. The van der Waals surface area contributed by atoms with Crippen LogP contribution in [0.2, 0.25) is 4.34 Å². The van der Waals surface area contributed by atoms with Crippen LogP contribution in [0.15, 0.2) is 40.6 Å². The number of benzene rings is 1. The average Bonchev–Trinajstić information content (AvgIpc) is 2.92. The van der Waals surface area contributed by atoms with E-state index in [2.05, 4.69) is 10.0 Å². The van der Waals surface area contributed by atoms with E-state index in [0.717, 1.165) is 17.8 Å². The molecule has 1 aromatic heterocycles. The summed E-state index contributed by atoms with van der Waals surface area (Å²) >= 11 is 6.73. The third-order valence-corrected chi connectivity index (χ3v) is 5.85. The summed E-state index contributed by atoms with van der Waals surface area (Å²) in [7, 11) is -3.76. The first-order valence-electron chi connectivity index (χ1n) is 6.59. The quantitative estimate of drug-likeness (QED) is 0.831. The van der Waals surface area contributed by atoms with E-state index >= 15 is 0 Å². The van der Waals surface area contributed by atoms with Crippen LogP contribution >= 0.6 is 22.9 Å². The lowest BCUT2D eigenvalue weighted by Gasteiger charge is -2.11. The first-order chi connectivity index (χ1) is 10.4. The summed E-state index contributed by atoms with van der Waals surface area (Å²) in [4.78, 5) is 12.1. The van der Waals surface area contributed by atoms with E-state index in [4.69, 9.17) is 11.6 Å². The topological polar surface area (TPSA) is 75.3 Å². The molecule has 0 bridgehead atoms. The Bertz CT molecular complexity index is 772. The van der Waals surface area contributed by atoms with E-state index in [1.54, 1.807) is 24.3 Å². The molecule has 1 amide bonds. The number of carbonyl (C=O) groups is 1. The number of hydrogen-bond donors (Lipinski definition) is 2. The van der Waals surface area contributed by atoms with E-state index < -0.39 is 10.0 Å². The highest BCUT2D eigenvalue weighted by atomic mass is 35.5. The Labute approximate surface area is 138 Å². The SMILES string of the molecule is CCCNC(=O)c1ccccc1NS(=O)(=O)c1ccc(Cl)s1. The summed E-state index contributed by atoms with van der Waals surface area (Å²) in [6.07, 6.45) is 0.799. The van der Waals surface area contributed by atoms with Crippen LogP contribution in [0, 0.1) is 0 Å². The lowest BCUT2D eigenvalue weighted by atomic mass is 10.1. The number of para-hydroxylation sites is 1. The second-order valence-corrected chi connectivity index (χ2v) is 8.09. The van der Waals surface area contributed by atoms with Crippen molar-refractivity contribution in [2.24, 2.45) is 0 Å². The van der Waals surface area contributed by atoms with Gasteiger partial charge in [0, 0.05) is 6.54 Å². The fourth-order valence-electron chi connectivity index (χ4n) is 1.74. The average molecular weight is 359 g/mol. The van der Waals surface area contributed by atoms with Crippen LogP contribution in [0.3, 0.4) is 0 Å². The largest absolute Gasteiger partial charge is 0.352 e. The van der Waals surface area contributed by atoms with Crippen LogP contribution in [0.4, 0.5) is 5.69 Å². The van der Waals surface area contributed by atoms with Crippen molar-refractivity contribution in [2.45, 2.75) is 17.6 Å². The number of nitrogens with one attached hydrogen (secondary N) is 2. The second-order valence-electron chi connectivity index (χ2n) is 4.47. The first kappa shape index (κ1) is 16.8. The molecule has 0 radical (unpaired) electrons. The Kier molecular flexibility index (Phi) is 5.44. The maximum Gasteiger partial charge on any atom is 0.271 e. The van der Waals surface area contributed by atoms with Gasteiger partial charge in [0.1, 0.15) is 4.21 Å². The Morgan fingerprint density at radius 1 is 1.23 bits per heavy atom. The van der Waals surface area contributed by atoms with E-state index in [1.165, 1.54) is 12.1 Å². The van der Waals surface area contributed by atoms with E-state index in [1.807, 2.05) is 6.92 Å². The summed E-state index contributed by atoms with van der Waals surface area (Å²) in [5, 5.41) is 2.73. The van der Waals surface area contributed by atoms with Crippen molar-refractivity contribution >= 4 is 44.6 Å². The van der Waals surface area contributed by atoms with Crippen molar-refractivity contribution in [3.05, 3.63) is 46.3 Å². The number of hydrogen-bond acceptors (Lipinski definition) is 4. The third-order valence-electron chi connectivity index (χ3n) is 2.76. The molecule has 5 nitrogen and oxygen atoms in total. The molecule has 0 saturated heterocycles. The number of halogens is 1. The van der Waals surface area contributed by atoms with Gasteiger partial charge in [-0.15, -0.1) is 11.3 Å². The molecule has 0 aliphatic carbocycles. The van der Waals surface area contributed by atoms with Crippen molar-refractivity contribution < 1.29 is 13.2 Å². The molecule has 0 atom stereocenters. The van der Waals surface area contributed by atoms with Crippen molar-refractivity contribution in [2.75, 3.05) is 11.3 Å². The molecular weight excluding hydrogens is 344 g/mol. The molecule has 1 aromatic carbocycles. The van der Waals surface area contributed by atoms with Gasteiger partial charge in [-0.3, -0.25) is 9.52 Å². The number of anilines is 1. The molecule has 22 heavy (non-hydrogen) atoms. The first-order valence-corrected chi connectivity index (χ1v) is 9.27. The van der Waals surface area contributed by atoms with Crippen LogP contribution in [0.1, 0.15) is 23.7 Å². The van der Waals surface area contributed by atoms with Gasteiger partial charge in [-0.05, 0) is 30.7 Å². The zero-order valence-electron chi connectivity index (χ0n) is 11.8. The molecular formula is C14H15ClN2O3S2. The molecule has 0 fully saturated rings. The Morgan fingerprint density at radius 3 is 2.59 bits per heavy atom. The molecule has 0 unspecified atom stereocenters. The monoisotopic (exact) mass is 358 g/mol. The highest BCUT2D eigenvalue weighted by molar-refractivity contribution is 7.94. The Morgan fingerprint density at radius 2 is 1.95 bits per heavy atom. The third kappa shape index (κ3) is 4.00. The fraction of sp³-hybridized carbons (Fsp3) is 0.214. The van der Waals surface area contributed by atoms with Crippen LogP contribution in [-0.4, -0.2) is 20.9 Å². The van der Waals surface area contributed by atoms with Crippen LogP contribution in [0.5, 0.6) is 0 Å². The van der Waals surface area contributed by atoms with Crippen molar-refractivity contribution in [1.29, 1.82) is 0 Å². The van der Waals surface area contributed by atoms with Gasteiger partial charge < -0.3 is 5.32 Å². The van der Waals surface area contributed by atoms with Crippen molar-refractivity contribution in [3.63, 3.8) is 0 Å². The predicted octanol–water partition coefficient (Wildman–Crippen LogP) is 3.34. The van der Waals surface area contributed by atoms with Crippen molar-refractivity contribution in [1.82, 2.24) is 5.32 Å². The summed E-state index contributed by atoms with van der Waals surface area (Å²) in [6, 6.07) is 9.41. The molecule has 2 rings (SSSR count). The van der Waals surface area contributed by atoms with Crippen LogP contribution < -0.4 is 10.0 Å². The van der Waals surface area contributed by atoms with E-state index in [9.17, 15) is 13.2 Å². The lowest BCUT2D eigenvalue weighted by Crippen LogP contribution is -2.25. The summed E-state index contributed by atoms with van der Waals surface area (Å²) < 4.78 is 27.5. The number of amides is 1. The number of carbonyl (C=O) groups excluding carboxylic acids is 1. The predicted molar refractivity (Wildman–Crippen MR) is 89.2 cm³/mol. The van der Waals surface area contributed by atoms with Crippen LogP contribution in [0.25, 0.3) is 0 Å². The molecule has 1 heterocycles. The van der Waals surface area contributed by atoms with Gasteiger partial charge in [0.2, 0.25) is 0 Å². The zero-order valence-corrected chi connectivity index (χ0v) is 14.2. The summed E-state index contributed by atoms with van der Waals surface area (Å²) in [5.74, 6) is -0.315. The van der Waals surface area contributed by atoms with Gasteiger partial charge in [0.05, 0.1) is 15.6 Å². The van der Waals surface area contributed by atoms with Gasteiger partial charge in [0.25, 0.3) is 15.9 Å². The molecule has 8 heteroatoms. The molecule has 2 N–H and O–H groups in total. The van der Waals surface area contributed by atoms with Crippen LogP contribution in [-0.2, 0) is 10.0 Å². The van der Waals surface area contributed by atoms with Gasteiger partial charge in [-0.25, -0.2) is 8.42 Å². The lowest BCUT2D eigenvalue weighted by molar-refractivity contribution is 0.0954. The van der Waals surface area contributed by atoms with Gasteiger partial charge >= 0.3 is 0 Å². The highest BCUT2D eigenvalue weighted by Crippen LogP contribution is 2.28. The highest BCUT2D eigenvalue weighted by Gasteiger charge is 2.20. The molecule has 0 aliphatic heterocycles. The summed E-state index contributed by atoms with van der Waals surface area (Å²) in [6.45, 7) is 2.47. The maximum absolute atomic E-state index is 12.3. The van der Waals surface area contributed by atoms with Gasteiger partial charge in [-0.2, -0.15) is 0 Å².